The molecule has 0 aliphatic carbocycles. The number of aryl methyl sites for hydroxylation is 2. The molecule has 0 atom stereocenters. The molecule has 3 aromatic rings. The highest BCUT2D eigenvalue weighted by Gasteiger charge is 2.10. The smallest absolute Gasteiger partial charge is 0.162 e. The zero-order valence-electron chi connectivity index (χ0n) is 16.6. The van der Waals surface area contributed by atoms with Gasteiger partial charge in [-0.1, -0.05) is 0 Å². The zero-order valence-corrected chi connectivity index (χ0v) is 16.6. The second-order valence-electron chi connectivity index (χ2n) is 6.77. The van der Waals surface area contributed by atoms with Gasteiger partial charge in [0, 0.05) is 28.7 Å². The van der Waals surface area contributed by atoms with Gasteiger partial charge in [0.15, 0.2) is 11.5 Å². The van der Waals surface area contributed by atoms with E-state index in [0.717, 1.165) is 44.1 Å². The van der Waals surface area contributed by atoms with Gasteiger partial charge in [0.05, 0.1) is 43.1 Å². The summed E-state index contributed by atoms with van der Waals surface area (Å²) in [5.74, 6) is 2.11. The molecule has 28 heavy (non-hydrogen) atoms. The van der Waals surface area contributed by atoms with Crippen LogP contribution in [0.1, 0.15) is 17.0 Å². The third-order valence-electron chi connectivity index (χ3n) is 4.85. The van der Waals surface area contributed by atoms with E-state index in [-0.39, 0.29) is 0 Å². The van der Waals surface area contributed by atoms with Crippen LogP contribution in [0.4, 0.5) is 0 Å². The molecule has 0 saturated carbocycles. The molecule has 1 aliphatic rings. The normalized spacial score (nSPS) is 15.1. The molecule has 0 spiro atoms. The van der Waals surface area contributed by atoms with Crippen LogP contribution in [-0.2, 0) is 0 Å². The lowest BCUT2D eigenvalue weighted by Crippen LogP contribution is -2.21. The van der Waals surface area contributed by atoms with Crippen LogP contribution in [-0.4, -0.2) is 31.3 Å². The average molecular weight is 377 g/mol. The van der Waals surface area contributed by atoms with Crippen molar-refractivity contribution in [1.82, 2.24) is 9.97 Å². The van der Waals surface area contributed by atoms with Crippen molar-refractivity contribution in [3.05, 3.63) is 62.5 Å². The van der Waals surface area contributed by atoms with Gasteiger partial charge in [-0.25, -0.2) is 4.99 Å². The summed E-state index contributed by atoms with van der Waals surface area (Å²) in [6.45, 7) is 4.13. The van der Waals surface area contributed by atoms with Crippen LogP contribution in [0.3, 0.4) is 0 Å². The Kier molecular flexibility index (Phi) is 4.47. The van der Waals surface area contributed by atoms with Crippen molar-refractivity contribution in [2.75, 3.05) is 21.3 Å². The number of hydrogen-bond acceptors (Lipinski definition) is 4. The van der Waals surface area contributed by atoms with Crippen LogP contribution >= 0.6 is 0 Å². The van der Waals surface area contributed by atoms with E-state index in [1.807, 2.05) is 31.2 Å². The summed E-state index contributed by atoms with van der Waals surface area (Å²) in [7, 11) is 4.92. The number of H-pyrrole nitrogens is 2. The van der Waals surface area contributed by atoms with E-state index in [0.29, 0.717) is 11.5 Å². The summed E-state index contributed by atoms with van der Waals surface area (Å²) in [4.78, 5) is 11.5. The molecule has 0 fully saturated rings. The summed E-state index contributed by atoms with van der Waals surface area (Å²) >= 11 is 0. The van der Waals surface area contributed by atoms with Crippen LogP contribution in [0.2, 0.25) is 0 Å². The zero-order chi connectivity index (χ0) is 19.8. The summed E-state index contributed by atoms with van der Waals surface area (Å²) < 4.78 is 16.3. The van der Waals surface area contributed by atoms with Crippen LogP contribution in [0.15, 0.2) is 29.3 Å². The van der Waals surface area contributed by atoms with Crippen LogP contribution < -0.4 is 35.5 Å². The number of rotatable bonds is 4. The Hall–Kier alpha value is -3.41. The molecule has 144 valence electrons. The van der Waals surface area contributed by atoms with Gasteiger partial charge in [-0.15, -0.1) is 0 Å². The highest BCUT2D eigenvalue weighted by molar-refractivity contribution is 5.77. The fraction of sp³-hybridized carbons (Fsp3) is 0.227. The Morgan fingerprint density at radius 3 is 2.21 bits per heavy atom. The van der Waals surface area contributed by atoms with Crippen molar-refractivity contribution >= 4 is 17.8 Å². The van der Waals surface area contributed by atoms with Crippen LogP contribution in [0.5, 0.6) is 17.2 Å². The number of ether oxygens (including phenoxy) is 3. The lowest BCUT2D eigenvalue weighted by Gasteiger charge is -2.05. The van der Waals surface area contributed by atoms with E-state index in [1.54, 1.807) is 21.3 Å². The first-order chi connectivity index (χ1) is 13.5. The first-order valence-electron chi connectivity index (χ1n) is 9.00. The van der Waals surface area contributed by atoms with Crippen LogP contribution in [0, 0.1) is 13.8 Å². The first kappa shape index (κ1) is 18.0. The number of methoxy groups -OCH3 is 3. The first-order valence-corrected chi connectivity index (χ1v) is 9.00. The standard InChI is InChI=1S/C22H23N3O3/c1-12-6-13(2)23-15(12)9-19-20(26-3)11-18(25-19)17-7-14-8-21(27-4)22(28-5)10-16(14)24-17/h6-11,23,25H,1-5H3/b18-17+,19-9?. The maximum Gasteiger partial charge on any atom is 0.162 e. The molecular formula is C22H23N3O3. The highest BCUT2D eigenvalue weighted by Crippen LogP contribution is 2.22. The molecule has 4 rings (SSSR count). The van der Waals surface area contributed by atoms with E-state index < -0.39 is 0 Å². The Morgan fingerprint density at radius 1 is 0.857 bits per heavy atom. The van der Waals surface area contributed by atoms with Gasteiger partial charge in [-0.05, 0) is 43.7 Å². The minimum absolute atomic E-state index is 0.662. The van der Waals surface area contributed by atoms with Gasteiger partial charge < -0.3 is 24.2 Å². The van der Waals surface area contributed by atoms with E-state index in [2.05, 4.69) is 29.0 Å². The predicted molar refractivity (Wildman–Crippen MR) is 109 cm³/mol. The van der Waals surface area contributed by atoms with Gasteiger partial charge in [0.2, 0.25) is 0 Å². The van der Waals surface area contributed by atoms with E-state index in [9.17, 15) is 0 Å². The molecule has 2 aromatic heterocycles. The highest BCUT2D eigenvalue weighted by atomic mass is 16.5. The molecule has 0 radical (unpaired) electrons. The number of nitrogens with zero attached hydrogens (tertiary/aromatic N) is 1. The van der Waals surface area contributed by atoms with Crippen molar-refractivity contribution < 1.29 is 14.2 Å². The number of aromatic amines is 2. The second-order valence-corrected chi connectivity index (χ2v) is 6.77. The number of hydrogen-bond donors (Lipinski definition) is 2. The lowest BCUT2D eigenvalue weighted by molar-refractivity contribution is 0.354. The monoisotopic (exact) mass is 377 g/mol. The van der Waals surface area contributed by atoms with Gasteiger partial charge in [-0.3, -0.25) is 0 Å². The molecule has 0 bridgehead atoms. The molecule has 1 aliphatic heterocycles. The molecule has 3 heterocycles. The predicted octanol–water partition coefficient (Wildman–Crippen LogP) is 1.04. The average Bonchev–Trinajstić information content (AvgIpc) is 3.36. The van der Waals surface area contributed by atoms with Crippen molar-refractivity contribution in [3.63, 3.8) is 0 Å². The number of fused-ring (bicyclic) bond motifs is 1. The fourth-order valence-corrected chi connectivity index (χ4v) is 3.45. The van der Waals surface area contributed by atoms with E-state index in [4.69, 9.17) is 19.2 Å². The van der Waals surface area contributed by atoms with E-state index in [1.165, 1.54) is 5.56 Å². The summed E-state index contributed by atoms with van der Waals surface area (Å²) in [5.41, 5.74) is 4.20. The van der Waals surface area contributed by atoms with Gasteiger partial charge >= 0.3 is 0 Å². The molecule has 0 unspecified atom stereocenters. The number of aromatic nitrogens is 2. The molecule has 1 aromatic carbocycles. The minimum Gasteiger partial charge on any atom is -0.494 e. The van der Waals surface area contributed by atoms with Gasteiger partial charge in [0.1, 0.15) is 5.75 Å². The Balaban J connectivity index is 1.90. The van der Waals surface area contributed by atoms with Crippen molar-refractivity contribution in [3.8, 4) is 17.2 Å². The SMILES string of the molecule is COc1cc2c(cc1OC)=N/C(=c1\cc(OC)c(=Cc3[nH]c(C)cc3C)[nH]1)C=2. The third kappa shape index (κ3) is 3.07. The number of nitrogens with one attached hydrogen (secondary N) is 2. The lowest BCUT2D eigenvalue weighted by atomic mass is 10.2. The molecule has 0 saturated heterocycles. The molecule has 6 heteroatoms. The summed E-state index contributed by atoms with van der Waals surface area (Å²) in [6, 6.07) is 7.90. The maximum absolute atomic E-state index is 5.57. The Labute approximate surface area is 162 Å². The maximum atomic E-state index is 5.57. The van der Waals surface area contributed by atoms with Crippen molar-refractivity contribution in [2.45, 2.75) is 13.8 Å². The fourth-order valence-electron chi connectivity index (χ4n) is 3.45. The molecular weight excluding hydrogens is 354 g/mol. The van der Waals surface area contributed by atoms with Gasteiger partial charge in [-0.2, -0.15) is 0 Å². The summed E-state index contributed by atoms with van der Waals surface area (Å²) in [5, 5.41) is 3.62. The largest absolute Gasteiger partial charge is 0.494 e. The summed E-state index contributed by atoms with van der Waals surface area (Å²) in [6.07, 6.45) is 4.08. The Morgan fingerprint density at radius 2 is 1.57 bits per heavy atom. The van der Waals surface area contributed by atoms with E-state index >= 15 is 0 Å². The van der Waals surface area contributed by atoms with Crippen molar-refractivity contribution in [1.29, 1.82) is 0 Å². The molecule has 2 N–H and O–H groups in total. The third-order valence-corrected chi connectivity index (χ3v) is 4.85. The Bertz CT molecular complexity index is 1250. The van der Waals surface area contributed by atoms with Crippen LogP contribution in [0.25, 0.3) is 17.8 Å². The second kappa shape index (κ2) is 6.96. The molecule has 6 nitrogen and oxygen atoms in total. The van der Waals surface area contributed by atoms with Gasteiger partial charge in [0.25, 0.3) is 0 Å². The molecule has 0 amide bonds. The topological polar surface area (TPSA) is 71.6 Å². The minimum atomic E-state index is 0.662. The number of benzene rings is 1. The van der Waals surface area contributed by atoms with Crippen molar-refractivity contribution in [2.24, 2.45) is 4.99 Å². The quantitative estimate of drug-likeness (QED) is 0.714.